The summed E-state index contributed by atoms with van der Waals surface area (Å²) in [5.41, 5.74) is 1.77. The van der Waals surface area contributed by atoms with Gasteiger partial charge in [-0.25, -0.2) is 4.98 Å². The molecular formula is C37H55ClN6O2Si. The molecule has 0 amide bonds. The zero-order valence-corrected chi connectivity index (χ0v) is 30.8. The Morgan fingerprint density at radius 1 is 1.09 bits per heavy atom. The number of benzene rings is 1. The Bertz CT molecular complexity index is 1430. The van der Waals surface area contributed by atoms with Crippen LogP contribution < -0.4 is 16.0 Å². The van der Waals surface area contributed by atoms with Crippen molar-refractivity contribution in [1.29, 1.82) is 5.26 Å². The van der Waals surface area contributed by atoms with Gasteiger partial charge in [-0.15, -0.1) is 0 Å². The molecule has 0 radical (unpaired) electrons. The van der Waals surface area contributed by atoms with Gasteiger partial charge in [0.15, 0.2) is 8.32 Å². The third-order valence-corrected chi connectivity index (χ3v) is 17.2. The van der Waals surface area contributed by atoms with Crippen molar-refractivity contribution >= 4 is 31.7 Å². The molecular weight excluding hydrogens is 624 g/mol. The fourth-order valence-corrected chi connectivity index (χ4v) is 10.7. The number of nitrogens with zero attached hydrogens (tertiary/aromatic N) is 3. The highest BCUT2D eigenvalue weighted by atomic mass is 35.5. The number of phenols is 1. The summed E-state index contributed by atoms with van der Waals surface area (Å²) in [7, 11) is -1.70. The van der Waals surface area contributed by atoms with Crippen LogP contribution in [0, 0.1) is 40.4 Å². The summed E-state index contributed by atoms with van der Waals surface area (Å²) in [5.74, 6) is 4.29. The third kappa shape index (κ3) is 7.93. The molecule has 5 aliphatic rings. The molecule has 1 heterocycles. The SMILES string of the molecule is CC(C)(C)[Si](C)(C)O[C@H]1CC[C@H](CN[C@@H]2[C@@H]3CC4C[C@H]2C[C@@](CNc2nc(NCCc5ccc(O)c(Cl)c5)ncc2C#N)(C4)C3)CC1. The number of nitriles is 1. The number of phenolic OH excluding ortho intramolecular Hbond substituents is 1. The fourth-order valence-electron chi connectivity index (χ4n) is 9.07. The van der Waals surface area contributed by atoms with Crippen molar-refractivity contribution < 1.29 is 9.53 Å². The number of hydrogen-bond donors (Lipinski definition) is 4. The van der Waals surface area contributed by atoms with Gasteiger partial charge in [0.05, 0.1) is 11.2 Å². The van der Waals surface area contributed by atoms with E-state index < -0.39 is 8.32 Å². The summed E-state index contributed by atoms with van der Waals surface area (Å²) < 4.78 is 6.76. The molecule has 5 fully saturated rings. The smallest absolute Gasteiger partial charge is 0.224 e. The Morgan fingerprint density at radius 2 is 1.81 bits per heavy atom. The Hall–Kier alpha value is -2.38. The van der Waals surface area contributed by atoms with E-state index in [1.54, 1.807) is 18.3 Å². The van der Waals surface area contributed by atoms with Gasteiger partial charge in [-0.1, -0.05) is 38.4 Å². The highest BCUT2D eigenvalue weighted by molar-refractivity contribution is 6.74. The van der Waals surface area contributed by atoms with E-state index in [4.69, 9.17) is 21.0 Å². The van der Waals surface area contributed by atoms with Crippen LogP contribution >= 0.6 is 11.6 Å². The molecule has 5 atom stereocenters. The van der Waals surface area contributed by atoms with Crippen LogP contribution in [0.1, 0.15) is 89.7 Å². The number of hydrogen-bond acceptors (Lipinski definition) is 8. The first-order valence-corrected chi connectivity index (χ1v) is 21.3. The number of aromatic hydroxyl groups is 1. The van der Waals surface area contributed by atoms with E-state index in [1.807, 2.05) is 6.07 Å². The summed E-state index contributed by atoms with van der Waals surface area (Å²) in [5, 5.41) is 31.1. The molecule has 0 spiro atoms. The zero-order valence-electron chi connectivity index (χ0n) is 29.0. The molecule has 4 N–H and O–H groups in total. The van der Waals surface area contributed by atoms with Gasteiger partial charge in [-0.05, 0) is 136 Å². The average Bonchev–Trinajstić information content (AvgIpc) is 3.01. The van der Waals surface area contributed by atoms with Gasteiger partial charge < -0.3 is 25.5 Å². The maximum Gasteiger partial charge on any atom is 0.224 e. The molecule has 1 aromatic carbocycles. The number of halogens is 1. The Labute approximate surface area is 288 Å². The van der Waals surface area contributed by atoms with Crippen molar-refractivity contribution in [3.63, 3.8) is 0 Å². The zero-order chi connectivity index (χ0) is 33.4. The van der Waals surface area contributed by atoms with Crippen LogP contribution in [0.25, 0.3) is 0 Å². The Balaban J connectivity index is 0.994. The lowest BCUT2D eigenvalue weighted by atomic mass is 9.48. The van der Waals surface area contributed by atoms with E-state index in [2.05, 4.69) is 60.9 Å². The monoisotopic (exact) mass is 678 g/mol. The molecule has 10 heteroatoms. The second-order valence-electron chi connectivity index (χ2n) is 16.8. The minimum absolute atomic E-state index is 0.0844. The molecule has 4 bridgehead atoms. The molecule has 8 nitrogen and oxygen atoms in total. The standard InChI is InChI=1S/C37H55ClN6O2Si/c1-36(2,3)47(4,5)46-30-9-6-25(7-10-30)21-41-33-27-14-26-15-28(33)19-37(17-26,18-27)23-43-34-29(20-39)22-42-35(44-34)40-13-12-24-8-11-32(45)31(38)16-24/h8,11,16,22,25-28,30,33,41,45H,6-7,9-10,12-15,17-19,21,23H2,1-5H3,(H2,40,42,43,44)/t25-,26?,27-,28+,30-,33-,37-. The second-order valence-corrected chi connectivity index (χ2v) is 22.0. The average molecular weight is 679 g/mol. The highest BCUT2D eigenvalue weighted by Gasteiger charge is 2.55. The van der Waals surface area contributed by atoms with Gasteiger partial charge in [0.1, 0.15) is 23.2 Å². The van der Waals surface area contributed by atoms with Crippen LogP contribution in [0.5, 0.6) is 5.75 Å². The second kappa shape index (κ2) is 13.9. The highest BCUT2D eigenvalue weighted by Crippen LogP contribution is 2.60. The van der Waals surface area contributed by atoms with Gasteiger partial charge in [0.2, 0.25) is 5.95 Å². The van der Waals surface area contributed by atoms with E-state index in [9.17, 15) is 10.4 Å². The summed E-state index contributed by atoms with van der Waals surface area (Å²) in [6.07, 6.45) is 14.3. The Morgan fingerprint density at radius 3 is 2.47 bits per heavy atom. The predicted octanol–water partition coefficient (Wildman–Crippen LogP) is 8.14. The largest absolute Gasteiger partial charge is 0.506 e. The first-order valence-electron chi connectivity index (χ1n) is 18.0. The van der Waals surface area contributed by atoms with E-state index in [1.165, 1.54) is 57.8 Å². The molecule has 7 rings (SSSR count). The number of rotatable bonds is 12. The van der Waals surface area contributed by atoms with Gasteiger partial charge in [0, 0.05) is 25.2 Å². The quantitative estimate of drug-likeness (QED) is 0.166. The van der Waals surface area contributed by atoms with Crippen molar-refractivity contribution in [3.8, 4) is 11.8 Å². The molecule has 5 aliphatic carbocycles. The maximum atomic E-state index is 9.80. The molecule has 1 unspecified atom stereocenters. The first-order chi connectivity index (χ1) is 22.3. The van der Waals surface area contributed by atoms with Crippen LogP contribution in [0.4, 0.5) is 11.8 Å². The summed E-state index contributed by atoms with van der Waals surface area (Å²) >= 11 is 6.06. The van der Waals surface area contributed by atoms with Crippen LogP contribution in [-0.2, 0) is 10.8 Å². The van der Waals surface area contributed by atoms with E-state index in [0.29, 0.717) is 47.5 Å². The lowest BCUT2D eigenvalue weighted by Gasteiger charge is -2.60. The molecule has 2 aromatic rings. The molecule has 47 heavy (non-hydrogen) atoms. The van der Waals surface area contributed by atoms with Crippen LogP contribution in [-0.4, -0.2) is 55.2 Å². The molecule has 0 aliphatic heterocycles. The molecule has 256 valence electrons. The van der Waals surface area contributed by atoms with Gasteiger partial charge in [-0.3, -0.25) is 0 Å². The lowest BCUT2D eigenvalue weighted by Crippen LogP contribution is -2.60. The number of aromatic nitrogens is 2. The van der Waals surface area contributed by atoms with Gasteiger partial charge in [0.25, 0.3) is 0 Å². The topological polar surface area (TPSA) is 115 Å². The minimum atomic E-state index is -1.70. The van der Waals surface area contributed by atoms with Crippen LogP contribution in [0.2, 0.25) is 23.2 Å². The number of anilines is 2. The molecule has 1 aromatic heterocycles. The normalized spacial score (nSPS) is 30.2. The predicted molar refractivity (Wildman–Crippen MR) is 192 cm³/mol. The minimum Gasteiger partial charge on any atom is -0.506 e. The van der Waals surface area contributed by atoms with Crippen molar-refractivity contribution in [3.05, 3.63) is 40.5 Å². The van der Waals surface area contributed by atoms with E-state index >= 15 is 0 Å². The van der Waals surface area contributed by atoms with E-state index in [-0.39, 0.29) is 16.2 Å². The lowest BCUT2D eigenvalue weighted by molar-refractivity contribution is -0.0704. The van der Waals surface area contributed by atoms with Crippen LogP contribution in [0.3, 0.4) is 0 Å². The van der Waals surface area contributed by atoms with Gasteiger partial charge in [-0.2, -0.15) is 10.2 Å². The van der Waals surface area contributed by atoms with Crippen molar-refractivity contribution in [2.45, 2.75) is 115 Å². The summed E-state index contributed by atoms with van der Waals surface area (Å²) in [6, 6.07) is 8.17. The van der Waals surface area contributed by atoms with Gasteiger partial charge >= 0.3 is 0 Å². The summed E-state index contributed by atoms with van der Waals surface area (Å²) in [6.45, 7) is 14.4. The third-order valence-electron chi connectivity index (χ3n) is 12.4. The Kier molecular flexibility index (Phi) is 10.2. The number of nitrogens with one attached hydrogen (secondary N) is 3. The van der Waals surface area contributed by atoms with Crippen molar-refractivity contribution in [1.82, 2.24) is 15.3 Å². The maximum absolute atomic E-state index is 9.80. The fraction of sp³-hybridized carbons (Fsp3) is 0.703. The van der Waals surface area contributed by atoms with Crippen molar-refractivity contribution in [2.75, 3.05) is 30.3 Å². The van der Waals surface area contributed by atoms with E-state index in [0.717, 1.165) is 42.3 Å². The summed E-state index contributed by atoms with van der Waals surface area (Å²) in [4.78, 5) is 9.10. The first kappa shape index (κ1) is 34.5. The van der Waals surface area contributed by atoms with Crippen LogP contribution in [0.15, 0.2) is 24.4 Å². The molecule has 0 saturated heterocycles. The molecule has 5 saturated carbocycles. The van der Waals surface area contributed by atoms with Crippen molar-refractivity contribution in [2.24, 2.45) is 29.1 Å².